The molecule has 0 N–H and O–H groups in total. The number of nitrogens with zero attached hydrogens (tertiary/aromatic N) is 1. The van der Waals surface area contributed by atoms with Gasteiger partial charge in [-0.25, -0.2) is 4.39 Å². The highest BCUT2D eigenvalue weighted by Crippen LogP contribution is 2.21. The summed E-state index contributed by atoms with van der Waals surface area (Å²) in [6.45, 7) is 7.69. The van der Waals surface area contributed by atoms with Crippen LogP contribution in [0.4, 0.5) is 4.39 Å². The summed E-state index contributed by atoms with van der Waals surface area (Å²) >= 11 is -1.24. The Morgan fingerprint density at radius 2 is 1.89 bits per heavy atom. The molecule has 0 aromatic heterocycles. The molecule has 2 nitrogen and oxygen atoms in total. The van der Waals surface area contributed by atoms with E-state index in [4.69, 9.17) is 0 Å². The molecule has 2 atom stereocenters. The number of hydrogen-bond donors (Lipinski definition) is 0. The average Bonchev–Trinajstić information content (AvgIpc) is 2.30. The van der Waals surface area contributed by atoms with Gasteiger partial charge < -0.3 is 4.55 Å². The first-order valence-corrected chi connectivity index (χ1v) is 7.17. The third kappa shape index (κ3) is 4.42. The zero-order chi connectivity index (χ0) is 13.8. The molecular weight excluding hydrogens is 249 g/mol. The Kier molecular flexibility index (Phi) is 5.35. The first kappa shape index (κ1) is 15.2. The lowest BCUT2D eigenvalue weighted by Crippen LogP contribution is -2.26. The highest BCUT2D eigenvalue weighted by molar-refractivity contribution is 7.91. The van der Waals surface area contributed by atoms with Crippen LogP contribution >= 0.6 is 0 Å². The van der Waals surface area contributed by atoms with Gasteiger partial charge in [0.25, 0.3) is 0 Å². The minimum Gasteiger partial charge on any atom is -0.591 e. The van der Waals surface area contributed by atoms with E-state index in [2.05, 4.69) is 4.40 Å². The van der Waals surface area contributed by atoms with Crippen LogP contribution < -0.4 is 0 Å². The molecule has 0 aliphatic rings. The molecule has 0 aliphatic heterocycles. The fourth-order valence-corrected chi connectivity index (χ4v) is 2.00. The maximum absolute atomic E-state index is 12.8. The normalized spacial score (nSPS) is 15.9. The molecule has 0 aliphatic carbocycles. The van der Waals surface area contributed by atoms with Crippen LogP contribution in [0.25, 0.3) is 0 Å². The summed E-state index contributed by atoms with van der Waals surface area (Å²) < 4.78 is 28.4. The molecule has 0 saturated heterocycles. The van der Waals surface area contributed by atoms with Crippen LogP contribution in [-0.4, -0.2) is 15.5 Å². The Labute approximate surface area is 112 Å². The number of benzene rings is 1. The Morgan fingerprint density at radius 1 is 1.33 bits per heavy atom. The minimum absolute atomic E-state index is 0.0805. The van der Waals surface area contributed by atoms with Crippen LogP contribution in [0.3, 0.4) is 0 Å². The molecule has 0 saturated carbocycles. The van der Waals surface area contributed by atoms with Gasteiger partial charge in [-0.1, -0.05) is 23.5 Å². The molecule has 0 heterocycles. The average molecular weight is 269 g/mol. The van der Waals surface area contributed by atoms with E-state index in [9.17, 15) is 8.94 Å². The number of hydrogen-bond acceptors (Lipinski definition) is 2. The first-order valence-electron chi connectivity index (χ1n) is 6.06. The summed E-state index contributed by atoms with van der Waals surface area (Å²) in [7, 11) is 0. The predicted octanol–water partition coefficient (Wildman–Crippen LogP) is 3.85. The molecule has 0 spiro atoms. The SMILES string of the molecule is CCC(/C=N/[S@@+]([O-])C(C)(C)C)c1ccc(F)cc1. The van der Waals surface area contributed by atoms with E-state index < -0.39 is 11.4 Å². The molecule has 1 unspecified atom stereocenters. The van der Waals surface area contributed by atoms with E-state index in [1.807, 2.05) is 27.7 Å². The second-order valence-corrected chi connectivity index (χ2v) is 7.12. The summed E-state index contributed by atoms with van der Waals surface area (Å²) in [6.07, 6.45) is 2.56. The monoisotopic (exact) mass is 269 g/mol. The summed E-state index contributed by atoms with van der Waals surface area (Å²) in [5, 5.41) is 0. The van der Waals surface area contributed by atoms with Crippen LogP contribution in [0.15, 0.2) is 28.7 Å². The zero-order valence-corrected chi connectivity index (χ0v) is 12.1. The van der Waals surface area contributed by atoms with E-state index in [0.717, 1.165) is 12.0 Å². The molecule has 0 fully saturated rings. The van der Waals surface area contributed by atoms with Crippen LogP contribution in [-0.2, 0) is 11.4 Å². The van der Waals surface area contributed by atoms with Gasteiger partial charge in [0.1, 0.15) is 21.9 Å². The fraction of sp³-hybridized carbons (Fsp3) is 0.500. The van der Waals surface area contributed by atoms with Crippen molar-refractivity contribution in [3.05, 3.63) is 35.6 Å². The van der Waals surface area contributed by atoms with Crippen molar-refractivity contribution in [2.75, 3.05) is 0 Å². The molecule has 0 amide bonds. The van der Waals surface area contributed by atoms with Crippen LogP contribution in [0.1, 0.15) is 45.6 Å². The van der Waals surface area contributed by atoms with Crippen molar-refractivity contribution in [3.63, 3.8) is 0 Å². The molecule has 100 valence electrons. The Balaban J connectivity index is 2.79. The lowest BCUT2D eigenvalue weighted by atomic mass is 9.98. The van der Waals surface area contributed by atoms with Crippen molar-refractivity contribution >= 4 is 17.6 Å². The quantitative estimate of drug-likeness (QED) is 0.604. The van der Waals surface area contributed by atoms with E-state index in [0.29, 0.717) is 0 Å². The highest BCUT2D eigenvalue weighted by Gasteiger charge is 2.26. The van der Waals surface area contributed by atoms with Gasteiger partial charge in [-0.2, -0.15) is 0 Å². The molecule has 1 rings (SSSR count). The van der Waals surface area contributed by atoms with E-state index in [1.54, 1.807) is 18.3 Å². The highest BCUT2D eigenvalue weighted by atomic mass is 32.2. The predicted molar refractivity (Wildman–Crippen MR) is 75.8 cm³/mol. The van der Waals surface area contributed by atoms with Gasteiger partial charge in [0, 0.05) is 5.92 Å². The largest absolute Gasteiger partial charge is 0.591 e. The minimum atomic E-state index is -1.24. The first-order chi connectivity index (χ1) is 8.34. The summed E-state index contributed by atoms with van der Waals surface area (Å²) in [4.78, 5) is 0. The third-order valence-corrected chi connectivity index (χ3v) is 3.96. The fourth-order valence-electron chi connectivity index (χ4n) is 1.42. The van der Waals surface area contributed by atoms with Gasteiger partial charge in [-0.3, -0.25) is 0 Å². The second-order valence-electron chi connectivity index (χ2n) is 5.18. The van der Waals surface area contributed by atoms with Crippen molar-refractivity contribution < 1.29 is 8.94 Å². The molecule has 0 radical (unpaired) electrons. The van der Waals surface area contributed by atoms with Crippen molar-refractivity contribution in [1.82, 2.24) is 0 Å². The molecule has 1 aromatic carbocycles. The topological polar surface area (TPSA) is 35.4 Å². The molecule has 18 heavy (non-hydrogen) atoms. The van der Waals surface area contributed by atoms with Gasteiger partial charge >= 0.3 is 0 Å². The standard InChI is InChI=1S/C14H20FNOS/c1-5-11(10-16-18(17)14(2,3)4)12-6-8-13(15)9-7-12/h6-11H,5H2,1-4H3/b16-10+/t11?,18-/m0/s1. The molecule has 1 aromatic rings. The zero-order valence-electron chi connectivity index (χ0n) is 11.3. The van der Waals surface area contributed by atoms with E-state index in [-0.39, 0.29) is 16.5 Å². The molecular formula is C14H20FNOS. The lowest BCUT2D eigenvalue weighted by Gasteiger charge is -2.18. The van der Waals surface area contributed by atoms with Gasteiger partial charge in [0.15, 0.2) is 0 Å². The van der Waals surface area contributed by atoms with Gasteiger partial charge in [-0.15, -0.1) is 0 Å². The summed E-state index contributed by atoms with van der Waals surface area (Å²) in [6, 6.07) is 6.37. The van der Waals surface area contributed by atoms with Crippen LogP contribution in [0.2, 0.25) is 0 Å². The van der Waals surface area contributed by atoms with Crippen molar-refractivity contribution in [3.8, 4) is 0 Å². The van der Waals surface area contributed by atoms with Crippen molar-refractivity contribution in [2.45, 2.75) is 44.8 Å². The Hall–Kier alpha value is -0.870. The van der Waals surface area contributed by atoms with Gasteiger partial charge in [0.2, 0.25) is 0 Å². The molecule has 4 heteroatoms. The summed E-state index contributed by atoms with van der Waals surface area (Å²) in [5.74, 6) is -0.166. The van der Waals surface area contributed by atoms with E-state index >= 15 is 0 Å². The van der Waals surface area contributed by atoms with Crippen molar-refractivity contribution in [1.29, 1.82) is 0 Å². The Morgan fingerprint density at radius 3 is 2.33 bits per heavy atom. The Bertz CT molecular complexity index is 397. The lowest BCUT2D eigenvalue weighted by molar-refractivity contribution is 0.561. The smallest absolute Gasteiger partial charge is 0.144 e. The summed E-state index contributed by atoms with van der Waals surface area (Å²) in [5.41, 5.74) is 0.994. The van der Waals surface area contributed by atoms with Crippen molar-refractivity contribution in [2.24, 2.45) is 4.40 Å². The van der Waals surface area contributed by atoms with Crippen LogP contribution in [0, 0.1) is 5.82 Å². The number of halogens is 1. The maximum atomic E-state index is 12.8. The maximum Gasteiger partial charge on any atom is 0.144 e. The van der Waals surface area contributed by atoms with Crippen LogP contribution in [0.5, 0.6) is 0 Å². The van der Waals surface area contributed by atoms with E-state index in [1.165, 1.54) is 12.1 Å². The molecule has 0 bridgehead atoms. The third-order valence-electron chi connectivity index (χ3n) is 2.60. The second kappa shape index (κ2) is 6.34. The number of rotatable bonds is 4. The van der Waals surface area contributed by atoms with Gasteiger partial charge in [0.05, 0.1) is 6.21 Å². The van der Waals surface area contributed by atoms with Gasteiger partial charge in [-0.05, 0) is 44.9 Å².